The number of carbonyl (C=O) groups excluding carboxylic acids is 2. The fraction of sp³-hybridized carbons (Fsp3) is 0.143. The molecule has 2 amide bonds. The second-order valence-electron chi connectivity index (χ2n) is 6.40. The van der Waals surface area contributed by atoms with Crippen molar-refractivity contribution in [3.63, 3.8) is 0 Å². The summed E-state index contributed by atoms with van der Waals surface area (Å²) in [5.74, 6) is -1.78. The van der Waals surface area contributed by atoms with Crippen LogP contribution < -0.4 is 10.7 Å². The number of hydrazone groups is 1. The van der Waals surface area contributed by atoms with E-state index in [1.165, 1.54) is 11.3 Å². The molecular weight excluding hydrogens is 426 g/mol. The molecule has 0 aliphatic carbocycles. The number of carboxylic acid groups (broad SMARTS) is 1. The first-order chi connectivity index (χ1) is 14.3. The lowest BCUT2D eigenvalue weighted by Gasteiger charge is -2.06. The number of hydrogen-bond acceptors (Lipinski definition) is 5. The minimum atomic E-state index is -1.02. The molecular formula is C21H18ClN3O4S. The average molecular weight is 444 g/mol. The fourth-order valence-corrected chi connectivity index (χ4v) is 4.06. The van der Waals surface area contributed by atoms with E-state index >= 15 is 0 Å². The molecule has 2 aromatic carbocycles. The highest BCUT2D eigenvalue weighted by Crippen LogP contribution is 2.34. The van der Waals surface area contributed by atoms with Crippen molar-refractivity contribution in [3.8, 4) is 0 Å². The van der Waals surface area contributed by atoms with Crippen molar-refractivity contribution in [2.75, 3.05) is 5.32 Å². The maximum Gasteiger partial charge on any atom is 0.303 e. The molecule has 0 saturated heterocycles. The molecule has 0 radical (unpaired) electrons. The van der Waals surface area contributed by atoms with Gasteiger partial charge >= 0.3 is 5.97 Å². The van der Waals surface area contributed by atoms with Crippen LogP contribution in [0.15, 0.2) is 53.6 Å². The van der Waals surface area contributed by atoms with Crippen LogP contribution in [-0.2, 0) is 9.59 Å². The molecule has 7 nitrogen and oxygen atoms in total. The highest BCUT2D eigenvalue weighted by Gasteiger charge is 2.16. The van der Waals surface area contributed by atoms with E-state index < -0.39 is 5.97 Å². The molecule has 154 valence electrons. The van der Waals surface area contributed by atoms with Crippen molar-refractivity contribution in [3.05, 3.63) is 64.0 Å². The van der Waals surface area contributed by atoms with Crippen LogP contribution in [0, 0.1) is 0 Å². The van der Waals surface area contributed by atoms with E-state index in [-0.39, 0.29) is 24.7 Å². The number of carbonyl (C=O) groups is 3. The summed E-state index contributed by atoms with van der Waals surface area (Å²) in [6.45, 7) is 1.74. The topological polar surface area (TPSA) is 108 Å². The lowest BCUT2D eigenvalue weighted by Crippen LogP contribution is -2.18. The number of benzene rings is 2. The summed E-state index contributed by atoms with van der Waals surface area (Å²) in [4.78, 5) is 35.1. The molecule has 1 aromatic heterocycles. The Balaban J connectivity index is 1.63. The summed E-state index contributed by atoms with van der Waals surface area (Å²) in [5, 5.41) is 16.6. The number of thiophene rings is 1. The molecule has 0 bridgehead atoms. The molecule has 0 atom stereocenters. The van der Waals surface area contributed by atoms with Gasteiger partial charge in [0.2, 0.25) is 5.91 Å². The summed E-state index contributed by atoms with van der Waals surface area (Å²) < 4.78 is 0.925. The van der Waals surface area contributed by atoms with Gasteiger partial charge in [0.25, 0.3) is 5.91 Å². The molecule has 0 aliphatic rings. The van der Waals surface area contributed by atoms with Gasteiger partial charge in [-0.15, -0.1) is 11.3 Å². The van der Waals surface area contributed by atoms with Crippen LogP contribution in [0.4, 0.5) is 5.69 Å². The number of rotatable bonds is 7. The number of fused-ring (bicyclic) bond motifs is 1. The lowest BCUT2D eigenvalue weighted by molar-refractivity contribution is -0.138. The minimum absolute atomic E-state index is 0.0934. The van der Waals surface area contributed by atoms with E-state index in [0.717, 1.165) is 15.6 Å². The van der Waals surface area contributed by atoms with E-state index in [0.29, 0.717) is 21.3 Å². The smallest absolute Gasteiger partial charge is 0.303 e. The molecule has 0 unspecified atom stereocenters. The molecule has 0 fully saturated rings. The van der Waals surface area contributed by atoms with Crippen LogP contribution in [0.25, 0.3) is 10.1 Å². The molecule has 0 spiro atoms. The van der Waals surface area contributed by atoms with Crippen LogP contribution in [-0.4, -0.2) is 28.6 Å². The first-order valence-corrected chi connectivity index (χ1v) is 10.2. The second-order valence-corrected chi connectivity index (χ2v) is 7.83. The van der Waals surface area contributed by atoms with E-state index in [1.54, 1.807) is 31.2 Å². The highest BCUT2D eigenvalue weighted by molar-refractivity contribution is 7.21. The first-order valence-electron chi connectivity index (χ1n) is 8.99. The number of nitrogens with zero attached hydrogens (tertiary/aromatic N) is 1. The number of halogens is 1. The van der Waals surface area contributed by atoms with Crippen molar-refractivity contribution in [1.82, 2.24) is 5.43 Å². The predicted octanol–water partition coefficient (Wildman–Crippen LogP) is 4.51. The van der Waals surface area contributed by atoms with Crippen LogP contribution in [0.2, 0.25) is 5.02 Å². The molecule has 3 rings (SSSR count). The fourth-order valence-electron chi connectivity index (χ4n) is 2.65. The third-order valence-corrected chi connectivity index (χ3v) is 5.89. The molecule has 30 heavy (non-hydrogen) atoms. The standard InChI is InChI=1S/C21H18ClN3O4S/c1-12(13-6-8-14(9-7-13)23-17(26)10-11-18(27)28)24-25-21(29)20-19(22)15-4-2-3-5-16(15)30-20/h2-9H,10-11H2,1H3,(H,23,26)(H,25,29)(H,27,28). The monoisotopic (exact) mass is 443 g/mol. The summed E-state index contributed by atoms with van der Waals surface area (Å²) in [7, 11) is 0. The van der Waals surface area contributed by atoms with Crippen molar-refractivity contribution in [1.29, 1.82) is 0 Å². The van der Waals surface area contributed by atoms with Crippen molar-refractivity contribution in [2.24, 2.45) is 5.10 Å². The minimum Gasteiger partial charge on any atom is -0.481 e. The normalized spacial score (nSPS) is 11.3. The molecule has 3 N–H and O–H groups in total. The quantitative estimate of drug-likeness (QED) is 0.368. The van der Waals surface area contributed by atoms with Gasteiger partial charge in [-0.05, 0) is 30.7 Å². The van der Waals surface area contributed by atoms with Crippen LogP contribution in [0.5, 0.6) is 0 Å². The SMILES string of the molecule is CC(=NNC(=O)c1sc2ccccc2c1Cl)c1ccc(NC(=O)CCC(=O)O)cc1. The zero-order valence-electron chi connectivity index (χ0n) is 15.9. The number of anilines is 1. The Labute approximate surface area is 181 Å². The van der Waals surface area contributed by atoms with Crippen LogP contribution >= 0.6 is 22.9 Å². The van der Waals surface area contributed by atoms with Gasteiger partial charge in [-0.3, -0.25) is 14.4 Å². The third-order valence-electron chi connectivity index (χ3n) is 4.22. The van der Waals surface area contributed by atoms with Crippen molar-refractivity contribution < 1.29 is 19.5 Å². The van der Waals surface area contributed by atoms with Gasteiger partial charge < -0.3 is 10.4 Å². The lowest BCUT2D eigenvalue weighted by atomic mass is 10.1. The van der Waals surface area contributed by atoms with Crippen LogP contribution in [0.3, 0.4) is 0 Å². The number of carboxylic acids is 1. The number of hydrogen-bond donors (Lipinski definition) is 3. The Morgan fingerprint density at radius 1 is 1.07 bits per heavy atom. The van der Waals surface area contributed by atoms with E-state index in [2.05, 4.69) is 15.8 Å². The molecule has 1 heterocycles. The third kappa shape index (κ3) is 5.22. The van der Waals surface area contributed by atoms with Gasteiger partial charge in [-0.1, -0.05) is 41.9 Å². The van der Waals surface area contributed by atoms with Gasteiger partial charge in [0.1, 0.15) is 4.88 Å². The molecule has 0 aliphatic heterocycles. The van der Waals surface area contributed by atoms with Gasteiger partial charge in [0.05, 0.1) is 17.2 Å². The van der Waals surface area contributed by atoms with Gasteiger partial charge in [0, 0.05) is 22.2 Å². The number of nitrogens with one attached hydrogen (secondary N) is 2. The second kappa shape index (κ2) is 9.51. The number of amides is 2. The van der Waals surface area contributed by atoms with E-state index in [9.17, 15) is 14.4 Å². The largest absolute Gasteiger partial charge is 0.481 e. The van der Waals surface area contributed by atoms with Crippen LogP contribution in [0.1, 0.15) is 35.0 Å². The summed E-state index contributed by atoms with van der Waals surface area (Å²) in [6, 6.07) is 14.4. The average Bonchev–Trinajstić information content (AvgIpc) is 3.08. The van der Waals surface area contributed by atoms with E-state index in [4.69, 9.17) is 16.7 Å². The van der Waals surface area contributed by atoms with Gasteiger partial charge in [-0.2, -0.15) is 5.10 Å². The molecule has 0 saturated carbocycles. The zero-order valence-corrected chi connectivity index (χ0v) is 17.5. The Morgan fingerprint density at radius 3 is 2.43 bits per heavy atom. The zero-order chi connectivity index (χ0) is 21.7. The number of aliphatic carboxylic acids is 1. The maximum atomic E-state index is 12.5. The first kappa shape index (κ1) is 21.5. The molecule has 3 aromatic rings. The Morgan fingerprint density at radius 2 is 1.77 bits per heavy atom. The summed E-state index contributed by atoms with van der Waals surface area (Å²) in [6.07, 6.45) is -0.316. The Bertz CT molecular complexity index is 1140. The van der Waals surface area contributed by atoms with Crippen molar-refractivity contribution >= 4 is 62.2 Å². The van der Waals surface area contributed by atoms with E-state index in [1.807, 2.05) is 24.3 Å². The predicted molar refractivity (Wildman–Crippen MR) is 118 cm³/mol. The summed E-state index contributed by atoms with van der Waals surface area (Å²) >= 11 is 7.62. The maximum absolute atomic E-state index is 12.5. The van der Waals surface area contributed by atoms with Gasteiger partial charge in [-0.25, -0.2) is 5.43 Å². The van der Waals surface area contributed by atoms with Gasteiger partial charge in [0.15, 0.2) is 0 Å². The highest BCUT2D eigenvalue weighted by atomic mass is 35.5. The summed E-state index contributed by atoms with van der Waals surface area (Å²) in [5.41, 5.74) is 4.39. The Hall–Kier alpha value is -3.23. The molecule has 9 heteroatoms. The Kier molecular flexibility index (Phi) is 6.81. The van der Waals surface area contributed by atoms with Crippen molar-refractivity contribution in [2.45, 2.75) is 19.8 Å².